The van der Waals surface area contributed by atoms with Gasteiger partial charge in [0.1, 0.15) is 0 Å². The molecule has 1 N–H and O–H groups in total. The van der Waals surface area contributed by atoms with Crippen LogP contribution in [0.15, 0.2) is 42.5 Å². The highest BCUT2D eigenvalue weighted by Crippen LogP contribution is 2.36. The maximum Gasteiger partial charge on any atom is 0.179 e. The smallest absolute Gasteiger partial charge is 0.179 e. The van der Waals surface area contributed by atoms with Crippen molar-refractivity contribution in [2.24, 2.45) is 0 Å². The lowest BCUT2D eigenvalue weighted by Gasteiger charge is -2.20. The summed E-state index contributed by atoms with van der Waals surface area (Å²) in [5.41, 5.74) is 2.39. The first-order chi connectivity index (χ1) is 11.7. The molecule has 0 aromatic heterocycles. The van der Waals surface area contributed by atoms with Crippen LogP contribution in [0.25, 0.3) is 0 Å². The number of nitrogens with one attached hydrogen (secondary N) is 1. The molecule has 0 radical (unpaired) electrons. The van der Waals surface area contributed by atoms with Gasteiger partial charge in [0, 0.05) is 12.6 Å². The Balaban J connectivity index is 0.00000312. The van der Waals surface area contributed by atoms with Crippen LogP contribution in [0.5, 0.6) is 11.5 Å². The standard InChI is InChI=1S/C20H26ClNO2.ClH/c1-4-9-18(16-10-7-6-8-11-16)22-14-15-12-17(21)20(23-3)19(13-15)24-5-2;/h6-8,10-13,18,22H,4-5,9,14H2,1-3H3;1H. The predicted molar refractivity (Wildman–Crippen MR) is 107 cm³/mol. The minimum absolute atomic E-state index is 0. The van der Waals surface area contributed by atoms with E-state index in [1.165, 1.54) is 5.56 Å². The fourth-order valence-electron chi connectivity index (χ4n) is 2.79. The molecule has 2 rings (SSSR count). The molecule has 0 aliphatic heterocycles. The Kier molecular flexibility index (Phi) is 9.73. The summed E-state index contributed by atoms with van der Waals surface area (Å²) in [6, 6.07) is 14.8. The van der Waals surface area contributed by atoms with Crippen LogP contribution in [0.1, 0.15) is 43.9 Å². The third kappa shape index (κ3) is 6.10. The maximum absolute atomic E-state index is 6.33. The normalized spacial score (nSPS) is 11.5. The Morgan fingerprint density at radius 1 is 1.12 bits per heavy atom. The lowest BCUT2D eigenvalue weighted by Crippen LogP contribution is -2.20. The van der Waals surface area contributed by atoms with Crippen LogP contribution in [0.4, 0.5) is 0 Å². The number of benzene rings is 2. The first kappa shape index (κ1) is 21.6. The van der Waals surface area contributed by atoms with E-state index in [1.807, 2.05) is 25.1 Å². The van der Waals surface area contributed by atoms with Crippen molar-refractivity contribution in [2.45, 2.75) is 39.3 Å². The van der Waals surface area contributed by atoms with Gasteiger partial charge in [-0.3, -0.25) is 0 Å². The number of hydrogen-bond acceptors (Lipinski definition) is 3. The minimum atomic E-state index is 0. The van der Waals surface area contributed by atoms with Crippen LogP contribution in [-0.2, 0) is 6.54 Å². The third-order valence-electron chi connectivity index (χ3n) is 3.91. The van der Waals surface area contributed by atoms with Crippen molar-refractivity contribution in [1.29, 1.82) is 0 Å². The summed E-state index contributed by atoms with van der Waals surface area (Å²) in [5.74, 6) is 1.28. The summed E-state index contributed by atoms with van der Waals surface area (Å²) in [4.78, 5) is 0. The summed E-state index contributed by atoms with van der Waals surface area (Å²) in [6.07, 6.45) is 2.21. The predicted octanol–water partition coefficient (Wildman–Crippen LogP) is 5.80. The van der Waals surface area contributed by atoms with Crippen LogP contribution in [0.3, 0.4) is 0 Å². The van der Waals surface area contributed by atoms with Gasteiger partial charge in [-0.2, -0.15) is 0 Å². The topological polar surface area (TPSA) is 30.5 Å². The van der Waals surface area contributed by atoms with Gasteiger partial charge in [0.2, 0.25) is 0 Å². The second-order valence-electron chi connectivity index (χ2n) is 5.67. The first-order valence-corrected chi connectivity index (χ1v) is 8.84. The molecule has 0 saturated heterocycles. The van der Waals surface area contributed by atoms with Crippen molar-refractivity contribution < 1.29 is 9.47 Å². The molecule has 0 spiro atoms. The van der Waals surface area contributed by atoms with Gasteiger partial charge >= 0.3 is 0 Å². The zero-order valence-electron chi connectivity index (χ0n) is 15.0. The van der Waals surface area contributed by atoms with Crippen molar-refractivity contribution in [3.63, 3.8) is 0 Å². The van der Waals surface area contributed by atoms with Gasteiger partial charge in [0.05, 0.1) is 18.7 Å². The molecular formula is C20H27Cl2NO2. The van der Waals surface area contributed by atoms with Gasteiger partial charge in [-0.05, 0) is 36.6 Å². The molecule has 138 valence electrons. The monoisotopic (exact) mass is 383 g/mol. The van der Waals surface area contributed by atoms with Crippen LogP contribution < -0.4 is 14.8 Å². The second-order valence-corrected chi connectivity index (χ2v) is 6.08. The molecule has 0 heterocycles. The summed E-state index contributed by atoms with van der Waals surface area (Å²) >= 11 is 6.33. The average molecular weight is 384 g/mol. The molecule has 0 aliphatic rings. The molecule has 0 fully saturated rings. The van der Waals surface area contributed by atoms with E-state index in [4.69, 9.17) is 21.1 Å². The van der Waals surface area contributed by atoms with Crippen molar-refractivity contribution in [2.75, 3.05) is 13.7 Å². The minimum Gasteiger partial charge on any atom is -0.491 e. The van der Waals surface area contributed by atoms with E-state index >= 15 is 0 Å². The van der Waals surface area contributed by atoms with E-state index in [-0.39, 0.29) is 12.4 Å². The summed E-state index contributed by atoms with van der Waals surface area (Å²) < 4.78 is 11.0. The van der Waals surface area contributed by atoms with E-state index in [9.17, 15) is 0 Å². The molecule has 3 nitrogen and oxygen atoms in total. The molecule has 0 amide bonds. The highest BCUT2D eigenvalue weighted by atomic mass is 35.5. The molecule has 1 atom stereocenters. The molecule has 0 aliphatic carbocycles. The van der Waals surface area contributed by atoms with Gasteiger partial charge < -0.3 is 14.8 Å². The Bertz CT molecular complexity index is 635. The fourth-order valence-corrected chi connectivity index (χ4v) is 3.10. The third-order valence-corrected chi connectivity index (χ3v) is 4.19. The molecule has 2 aromatic carbocycles. The molecule has 0 saturated carbocycles. The molecule has 25 heavy (non-hydrogen) atoms. The van der Waals surface area contributed by atoms with E-state index in [0.29, 0.717) is 29.2 Å². The molecule has 0 bridgehead atoms. The number of rotatable bonds is 9. The summed E-state index contributed by atoms with van der Waals surface area (Å²) in [6.45, 7) is 5.45. The molecule has 1 unspecified atom stereocenters. The van der Waals surface area contributed by atoms with E-state index < -0.39 is 0 Å². The second kappa shape index (κ2) is 11.2. The van der Waals surface area contributed by atoms with E-state index in [0.717, 1.165) is 24.9 Å². The molecule has 5 heteroatoms. The first-order valence-electron chi connectivity index (χ1n) is 8.47. The lowest BCUT2D eigenvalue weighted by molar-refractivity contribution is 0.310. The largest absolute Gasteiger partial charge is 0.491 e. The zero-order chi connectivity index (χ0) is 17.4. The fraction of sp³-hybridized carbons (Fsp3) is 0.400. The lowest BCUT2D eigenvalue weighted by atomic mass is 10.0. The van der Waals surface area contributed by atoms with Gasteiger partial charge in [0.25, 0.3) is 0 Å². The SMILES string of the molecule is CCCC(NCc1cc(Cl)c(OC)c(OCC)c1)c1ccccc1.Cl. The van der Waals surface area contributed by atoms with Gasteiger partial charge in [0.15, 0.2) is 11.5 Å². The van der Waals surface area contributed by atoms with E-state index in [2.05, 4.69) is 36.5 Å². The Labute approximate surface area is 162 Å². The highest BCUT2D eigenvalue weighted by Gasteiger charge is 2.14. The van der Waals surface area contributed by atoms with Crippen molar-refractivity contribution in [1.82, 2.24) is 5.32 Å². The van der Waals surface area contributed by atoms with Gasteiger partial charge in [-0.15, -0.1) is 12.4 Å². The number of halogens is 2. The molecule has 2 aromatic rings. The van der Waals surface area contributed by atoms with Crippen LogP contribution >= 0.6 is 24.0 Å². The molecular weight excluding hydrogens is 357 g/mol. The number of methoxy groups -OCH3 is 1. The van der Waals surface area contributed by atoms with Gasteiger partial charge in [-0.25, -0.2) is 0 Å². The van der Waals surface area contributed by atoms with Gasteiger partial charge in [-0.1, -0.05) is 55.3 Å². The van der Waals surface area contributed by atoms with Crippen molar-refractivity contribution in [3.8, 4) is 11.5 Å². The van der Waals surface area contributed by atoms with Crippen molar-refractivity contribution in [3.05, 3.63) is 58.6 Å². The highest BCUT2D eigenvalue weighted by molar-refractivity contribution is 6.32. The number of ether oxygens (including phenoxy) is 2. The van der Waals surface area contributed by atoms with Crippen LogP contribution in [-0.4, -0.2) is 13.7 Å². The maximum atomic E-state index is 6.33. The quantitative estimate of drug-likeness (QED) is 0.593. The Morgan fingerprint density at radius 2 is 1.84 bits per heavy atom. The Hall–Kier alpha value is -1.42. The Morgan fingerprint density at radius 3 is 2.44 bits per heavy atom. The average Bonchev–Trinajstić information content (AvgIpc) is 2.59. The summed E-state index contributed by atoms with van der Waals surface area (Å²) in [5, 5.41) is 4.21. The van der Waals surface area contributed by atoms with Crippen LogP contribution in [0.2, 0.25) is 5.02 Å². The van der Waals surface area contributed by atoms with Crippen molar-refractivity contribution >= 4 is 24.0 Å². The van der Waals surface area contributed by atoms with Crippen LogP contribution in [0, 0.1) is 0 Å². The number of hydrogen-bond donors (Lipinski definition) is 1. The summed E-state index contributed by atoms with van der Waals surface area (Å²) in [7, 11) is 1.61. The van der Waals surface area contributed by atoms with E-state index in [1.54, 1.807) is 7.11 Å². The zero-order valence-corrected chi connectivity index (χ0v) is 16.6.